The molecule has 0 bridgehead atoms. The van der Waals surface area contributed by atoms with E-state index in [2.05, 4.69) is 39.0 Å². The summed E-state index contributed by atoms with van der Waals surface area (Å²) in [5, 5.41) is 0.798. The molecule has 5 heteroatoms. The lowest BCUT2D eigenvalue weighted by molar-refractivity contribution is 0.186. The molecule has 0 spiro atoms. The molecule has 146 valence electrons. The van der Waals surface area contributed by atoms with Crippen LogP contribution in [0.25, 0.3) is 0 Å². The highest BCUT2D eigenvalue weighted by Crippen LogP contribution is 2.29. The molecule has 1 saturated heterocycles. The summed E-state index contributed by atoms with van der Waals surface area (Å²) in [6.45, 7) is 3.36. The predicted molar refractivity (Wildman–Crippen MR) is 115 cm³/mol. The first-order valence-corrected chi connectivity index (χ1v) is 10.6. The number of hydrogen-bond acceptors (Lipinski definition) is 3. The van der Waals surface area contributed by atoms with Gasteiger partial charge in [0.2, 0.25) is 0 Å². The van der Waals surface area contributed by atoms with Crippen molar-refractivity contribution >= 4 is 27.5 Å². The molecule has 1 fully saturated rings. The summed E-state index contributed by atoms with van der Waals surface area (Å²) in [5.41, 5.74) is 2.54. The number of halogens is 2. The number of hydrogen-bond donors (Lipinski definition) is 0. The van der Waals surface area contributed by atoms with E-state index >= 15 is 0 Å². The maximum Gasteiger partial charge on any atom is 0.120 e. The zero-order valence-electron chi connectivity index (χ0n) is 16.0. The van der Waals surface area contributed by atoms with Crippen LogP contribution in [0.4, 0.5) is 0 Å². The Hall–Kier alpha value is -1.23. The van der Waals surface area contributed by atoms with E-state index in [1.807, 2.05) is 18.2 Å². The van der Waals surface area contributed by atoms with Crippen molar-refractivity contribution in [1.82, 2.24) is 4.90 Å². The maximum absolute atomic E-state index is 6.37. The first-order chi connectivity index (χ1) is 13.1. The fraction of sp³-hybridized carbons (Fsp3) is 0.455. The zero-order chi connectivity index (χ0) is 19.2. The van der Waals surface area contributed by atoms with Crippen LogP contribution in [-0.4, -0.2) is 38.8 Å². The third kappa shape index (κ3) is 5.63. The van der Waals surface area contributed by atoms with Gasteiger partial charge in [-0.1, -0.05) is 33.6 Å². The number of benzene rings is 2. The fourth-order valence-electron chi connectivity index (χ4n) is 3.70. The van der Waals surface area contributed by atoms with Crippen molar-refractivity contribution in [2.24, 2.45) is 5.92 Å². The van der Waals surface area contributed by atoms with E-state index in [0.717, 1.165) is 54.9 Å². The minimum absolute atomic E-state index is 0.731. The summed E-state index contributed by atoms with van der Waals surface area (Å²) < 4.78 is 11.8. The maximum atomic E-state index is 6.37. The molecule has 2 aromatic carbocycles. The third-order valence-electron chi connectivity index (χ3n) is 5.43. The lowest BCUT2D eigenvalue weighted by Crippen LogP contribution is -2.35. The molecule has 0 atom stereocenters. The van der Waals surface area contributed by atoms with Crippen molar-refractivity contribution in [3.8, 4) is 11.5 Å². The van der Waals surface area contributed by atoms with Crippen molar-refractivity contribution in [1.29, 1.82) is 0 Å². The summed E-state index contributed by atoms with van der Waals surface area (Å²) in [5.74, 6) is 2.48. The van der Waals surface area contributed by atoms with E-state index < -0.39 is 0 Å². The van der Waals surface area contributed by atoms with Crippen LogP contribution in [0.15, 0.2) is 40.9 Å². The van der Waals surface area contributed by atoms with Crippen LogP contribution in [0.1, 0.15) is 24.0 Å². The Morgan fingerprint density at radius 3 is 2.33 bits per heavy atom. The lowest BCUT2D eigenvalue weighted by atomic mass is 9.90. The van der Waals surface area contributed by atoms with Gasteiger partial charge >= 0.3 is 0 Å². The quantitative estimate of drug-likeness (QED) is 0.544. The molecule has 2 aromatic rings. The highest BCUT2D eigenvalue weighted by Gasteiger charge is 2.20. The van der Waals surface area contributed by atoms with Gasteiger partial charge < -0.3 is 14.4 Å². The smallest absolute Gasteiger partial charge is 0.120 e. The zero-order valence-corrected chi connectivity index (χ0v) is 18.4. The highest BCUT2D eigenvalue weighted by molar-refractivity contribution is 9.10. The average Bonchev–Trinajstić information content (AvgIpc) is 2.69. The second kappa shape index (κ2) is 9.81. The van der Waals surface area contributed by atoms with Gasteiger partial charge in [0.25, 0.3) is 0 Å². The minimum Gasteiger partial charge on any atom is -0.497 e. The summed E-state index contributed by atoms with van der Waals surface area (Å²) in [6, 6.07) is 12.2. The van der Waals surface area contributed by atoms with Crippen molar-refractivity contribution in [3.63, 3.8) is 0 Å². The molecular formula is C22H27BrClNO2. The van der Waals surface area contributed by atoms with Gasteiger partial charge in [-0.15, -0.1) is 0 Å². The molecular weight excluding hydrogens is 426 g/mol. The van der Waals surface area contributed by atoms with Gasteiger partial charge in [0.1, 0.15) is 11.5 Å². The summed E-state index contributed by atoms with van der Waals surface area (Å²) in [7, 11) is 3.39. The molecule has 0 radical (unpaired) electrons. The monoisotopic (exact) mass is 451 g/mol. The van der Waals surface area contributed by atoms with E-state index in [-0.39, 0.29) is 0 Å². The molecule has 0 amide bonds. The Morgan fingerprint density at radius 2 is 1.67 bits per heavy atom. The van der Waals surface area contributed by atoms with Crippen molar-refractivity contribution in [3.05, 3.63) is 57.0 Å². The van der Waals surface area contributed by atoms with Gasteiger partial charge in [-0.2, -0.15) is 0 Å². The number of likely N-dealkylation sites (tertiary alicyclic amines) is 1. The van der Waals surface area contributed by atoms with Gasteiger partial charge in [-0.25, -0.2) is 0 Å². The molecule has 3 rings (SSSR count). The SMILES string of the molecule is COc1ccc(CCN2CCC(Cc3cc(OC)ccc3Br)CC2)c(Cl)c1. The fourth-order valence-corrected chi connectivity index (χ4v) is 4.37. The number of rotatable bonds is 7. The number of piperidine rings is 1. The first kappa shape index (κ1) is 20.5. The second-order valence-corrected chi connectivity index (χ2v) is 8.42. The molecule has 0 saturated carbocycles. The molecule has 27 heavy (non-hydrogen) atoms. The Balaban J connectivity index is 1.48. The van der Waals surface area contributed by atoms with Crippen LogP contribution in [0, 0.1) is 5.92 Å². The van der Waals surface area contributed by atoms with Crippen molar-refractivity contribution < 1.29 is 9.47 Å². The number of methoxy groups -OCH3 is 2. The molecule has 1 heterocycles. The number of nitrogens with zero attached hydrogens (tertiary/aromatic N) is 1. The van der Waals surface area contributed by atoms with Crippen molar-refractivity contribution in [2.75, 3.05) is 33.9 Å². The summed E-state index contributed by atoms with van der Waals surface area (Å²) in [4.78, 5) is 2.55. The molecule has 0 N–H and O–H groups in total. The van der Waals surface area contributed by atoms with E-state index in [0.29, 0.717) is 0 Å². The van der Waals surface area contributed by atoms with Gasteiger partial charge in [-0.3, -0.25) is 0 Å². The van der Waals surface area contributed by atoms with Crippen LogP contribution in [-0.2, 0) is 12.8 Å². The molecule has 3 nitrogen and oxygen atoms in total. The Morgan fingerprint density at radius 1 is 1.00 bits per heavy atom. The Labute approximate surface area is 175 Å². The molecule has 0 aliphatic carbocycles. The molecule has 1 aliphatic rings. The van der Waals surface area contributed by atoms with E-state index in [9.17, 15) is 0 Å². The van der Waals surface area contributed by atoms with E-state index in [1.54, 1.807) is 14.2 Å². The molecule has 0 aromatic heterocycles. The summed E-state index contributed by atoms with van der Waals surface area (Å²) in [6.07, 6.45) is 4.56. The van der Waals surface area contributed by atoms with Crippen LogP contribution >= 0.6 is 27.5 Å². The van der Waals surface area contributed by atoms with Crippen molar-refractivity contribution in [2.45, 2.75) is 25.7 Å². The Bertz CT molecular complexity index is 760. The lowest BCUT2D eigenvalue weighted by Gasteiger charge is -2.32. The second-order valence-electron chi connectivity index (χ2n) is 7.15. The van der Waals surface area contributed by atoms with Crippen LogP contribution in [0.3, 0.4) is 0 Å². The standard InChI is InChI=1S/C22H27BrClNO2/c1-26-19-5-6-21(23)18(14-19)13-16-7-10-25(11-8-16)12-9-17-3-4-20(27-2)15-22(17)24/h3-6,14-16H,7-13H2,1-2H3. The summed E-state index contributed by atoms with van der Waals surface area (Å²) >= 11 is 10.0. The van der Waals surface area contributed by atoms with Gasteiger partial charge in [0.05, 0.1) is 14.2 Å². The van der Waals surface area contributed by atoms with Gasteiger partial charge in [0.15, 0.2) is 0 Å². The van der Waals surface area contributed by atoms with E-state index in [4.69, 9.17) is 21.1 Å². The highest BCUT2D eigenvalue weighted by atomic mass is 79.9. The van der Waals surface area contributed by atoms with Crippen LogP contribution < -0.4 is 9.47 Å². The van der Waals surface area contributed by atoms with Gasteiger partial charge in [0, 0.05) is 16.0 Å². The third-order valence-corrected chi connectivity index (χ3v) is 6.55. The Kier molecular flexibility index (Phi) is 7.45. The largest absolute Gasteiger partial charge is 0.497 e. The minimum atomic E-state index is 0.731. The predicted octanol–water partition coefficient (Wildman–Crippen LogP) is 5.62. The first-order valence-electron chi connectivity index (χ1n) is 9.46. The topological polar surface area (TPSA) is 21.7 Å². The molecule has 1 aliphatic heterocycles. The average molecular weight is 453 g/mol. The van der Waals surface area contributed by atoms with E-state index in [1.165, 1.54) is 28.4 Å². The number of ether oxygens (including phenoxy) is 2. The van der Waals surface area contributed by atoms with Crippen LogP contribution in [0.2, 0.25) is 5.02 Å². The molecule has 0 unspecified atom stereocenters. The van der Waals surface area contributed by atoms with Gasteiger partial charge in [-0.05, 0) is 86.1 Å². The van der Waals surface area contributed by atoms with Crippen LogP contribution in [0.5, 0.6) is 11.5 Å². The normalized spacial score (nSPS) is 15.7.